The van der Waals surface area contributed by atoms with E-state index in [4.69, 9.17) is 9.72 Å². The average molecular weight is 487 g/mol. The number of anilines is 4. The van der Waals surface area contributed by atoms with Crippen molar-refractivity contribution in [2.75, 3.05) is 56.9 Å². The molecule has 0 aliphatic rings. The Bertz CT molecular complexity index is 1300. The normalized spacial score (nSPS) is 11.3. The van der Waals surface area contributed by atoms with Gasteiger partial charge in [-0.25, -0.2) is 9.97 Å². The molecule has 0 unspecified atom stereocenters. The molecule has 1 heterocycles. The van der Waals surface area contributed by atoms with Gasteiger partial charge in [0.05, 0.1) is 29.7 Å². The van der Waals surface area contributed by atoms with Crippen LogP contribution in [0.25, 0.3) is 16.5 Å². The number of allylic oxidation sites excluding steroid dienone is 3. The van der Waals surface area contributed by atoms with Gasteiger partial charge in [0.25, 0.3) is 0 Å². The summed E-state index contributed by atoms with van der Waals surface area (Å²) in [6.45, 7) is 11.1. The minimum atomic E-state index is -0.303. The monoisotopic (exact) mass is 486 g/mol. The van der Waals surface area contributed by atoms with Gasteiger partial charge in [0.2, 0.25) is 11.9 Å². The number of methoxy groups -OCH3 is 1. The highest BCUT2D eigenvalue weighted by Gasteiger charge is 2.17. The molecule has 0 atom stereocenters. The Labute approximate surface area is 213 Å². The van der Waals surface area contributed by atoms with Crippen LogP contribution in [-0.4, -0.2) is 62.1 Å². The number of benzene rings is 2. The number of fused-ring (bicyclic) bond motifs is 1. The zero-order chi connectivity index (χ0) is 26.2. The number of hydrogen-bond acceptors (Lipinski definition) is 7. The average Bonchev–Trinajstić information content (AvgIpc) is 2.88. The third-order valence-corrected chi connectivity index (χ3v) is 5.75. The fourth-order valence-electron chi connectivity index (χ4n) is 3.76. The first-order valence-corrected chi connectivity index (χ1v) is 11.6. The summed E-state index contributed by atoms with van der Waals surface area (Å²) in [6, 6.07) is 9.67. The summed E-state index contributed by atoms with van der Waals surface area (Å²) in [6.07, 6.45) is 6.83. The van der Waals surface area contributed by atoms with Gasteiger partial charge < -0.3 is 25.2 Å². The number of carbonyl (C=O) groups excluding carboxylic acids is 1. The van der Waals surface area contributed by atoms with Gasteiger partial charge in [-0.2, -0.15) is 0 Å². The maximum atomic E-state index is 12.2. The number of aromatic nitrogens is 2. The van der Waals surface area contributed by atoms with Crippen molar-refractivity contribution in [3.05, 3.63) is 73.5 Å². The van der Waals surface area contributed by atoms with Crippen molar-refractivity contribution >= 4 is 45.4 Å². The number of ether oxygens (including phenoxy) is 1. The van der Waals surface area contributed by atoms with Crippen molar-refractivity contribution in [3.8, 4) is 5.75 Å². The smallest absolute Gasteiger partial charge is 0.247 e. The molecule has 188 valence electrons. The van der Waals surface area contributed by atoms with Crippen molar-refractivity contribution in [2.24, 2.45) is 0 Å². The lowest BCUT2D eigenvalue weighted by molar-refractivity contribution is -0.111. The lowest BCUT2D eigenvalue weighted by atomic mass is 10.0. The van der Waals surface area contributed by atoms with E-state index in [1.54, 1.807) is 13.3 Å². The molecule has 36 heavy (non-hydrogen) atoms. The molecule has 2 N–H and O–H groups in total. The van der Waals surface area contributed by atoms with Crippen LogP contribution in [0.3, 0.4) is 0 Å². The molecule has 0 bridgehead atoms. The molecule has 0 aliphatic carbocycles. The van der Waals surface area contributed by atoms with E-state index < -0.39 is 0 Å². The molecule has 0 saturated carbocycles. The molecule has 1 amide bonds. The molecule has 0 fully saturated rings. The van der Waals surface area contributed by atoms with Gasteiger partial charge in [0.15, 0.2) is 0 Å². The van der Waals surface area contributed by atoms with E-state index in [1.807, 2.05) is 70.6 Å². The summed E-state index contributed by atoms with van der Waals surface area (Å²) in [7, 11) is 7.62. The van der Waals surface area contributed by atoms with Crippen LogP contribution in [0.4, 0.5) is 23.0 Å². The lowest BCUT2D eigenvalue weighted by Gasteiger charge is -2.26. The summed E-state index contributed by atoms with van der Waals surface area (Å²) in [5.41, 5.74) is 4.82. The predicted octanol–water partition coefficient (Wildman–Crippen LogP) is 5.09. The van der Waals surface area contributed by atoms with Crippen LogP contribution in [-0.2, 0) is 4.79 Å². The number of hydrogen-bond donors (Lipinski definition) is 2. The summed E-state index contributed by atoms with van der Waals surface area (Å²) >= 11 is 0. The Hall–Kier alpha value is -4.17. The number of nitrogens with zero attached hydrogens (tertiary/aromatic N) is 4. The largest absolute Gasteiger partial charge is 0.494 e. The second-order valence-electron chi connectivity index (χ2n) is 8.50. The van der Waals surface area contributed by atoms with Crippen LogP contribution in [0.1, 0.15) is 12.5 Å². The topological polar surface area (TPSA) is 82.6 Å². The van der Waals surface area contributed by atoms with E-state index in [1.165, 1.54) is 6.08 Å². The van der Waals surface area contributed by atoms with E-state index in [9.17, 15) is 4.79 Å². The molecular formula is C28H34N6O2. The van der Waals surface area contributed by atoms with Crippen molar-refractivity contribution in [2.45, 2.75) is 6.92 Å². The van der Waals surface area contributed by atoms with Crippen LogP contribution in [0.15, 0.2) is 67.9 Å². The Kier molecular flexibility index (Phi) is 8.81. The standard InChI is InChI=1S/C28H34N6O2/c1-8-19(9-2)21-13-11-12-20-18-29-28(32-27(20)21)31-23-16-22(30-26(35)10-3)24(17-25(23)36-7)34(6)15-14-33(4)5/h8-13,16-18H,1,3,14-15H2,2,4-7H3,(H,30,35)(H,29,31,32)/b19-9+. The van der Waals surface area contributed by atoms with Crippen molar-refractivity contribution in [3.63, 3.8) is 0 Å². The van der Waals surface area contributed by atoms with E-state index in [0.717, 1.165) is 40.8 Å². The van der Waals surface area contributed by atoms with Gasteiger partial charge >= 0.3 is 0 Å². The zero-order valence-corrected chi connectivity index (χ0v) is 21.6. The van der Waals surface area contributed by atoms with Crippen LogP contribution in [0.5, 0.6) is 5.75 Å². The molecule has 3 rings (SSSR count). The number of para-hydroxylation sites is 1. The Balaban J connectivity index is 2.06. The number of nitrogens with one attached hydrogen (secondary N) is 2. The fraction of sp³-hybridized carbons (Fsp3) is 0.250. The molecule has 8 nitrogen and oxygen atoms in total. The maximum Gasteiger partial charge on any atom is 0.247 e. The van der Waals surface area contributed by atoms with Crippen molar-refractivity contribution in [1.29, 1.82) is 0 Å². The Morgan fingerprint density at radius 3 is 2.53 bits per heavy atom. The number of amides is 1. The van der Waals surface area contributed by atoms with E-state index in [2.05, 4.69) is 38.6 Å². The SMILES string of the molecule is C=CC(=O)Nc1cc(Nc2ncc3cccc(/C(C=C)=C/C)c3n2)c(OC)cc1N(C)CCN(C)C. The first kappa shape index (κ1) is 26.4. The Morgan fingerprint density at radius 1 is 1.11 bits per heavy atom. The van der Waals surface area contributed by atoms with Crippen LogP contribution in [0.2, 0.25) is 0 Å². The first-order chi connectivity index (χ1) is 17.3. The molecule has 1 aromatic heterocycles. The highest BCUT2D eigenvalue weighted by Crippen LogP contribution is 2.38. The number of carbonyl (C=O) groups is 1. The van der Waals surface area contributed by atoms with E-state index >= 15 is 0 Å². The minimum absolute atomic E-state index is 0.303. The molecule has 0 aliphatic heterocycles. The van der Waals surface area contributed by atoms with Gasteiger partial charge in [-0.05, 0) is 38.7 Å². The van der Waals surface area contributed by atoms with E-state index in [0.29, 0.717) is 23.1 Å². The van der Waals surface area contributed by atoms with Gasteiger partial charge in [0, 0.05) is 43.4 Å². The molecule has 3 aromatic rings. The molecule has 0 spiro atoms. The second kappa shape index (κ2) is 12.0. The quantitative estimate of drug-likeness (QED) is 0.288. The highest BCUT2D eigenvalue weighted by atomic mass is 16.5. The minimum Gasteiger partial charge on any atom is -0.494 e. The lowest BCUT2D eigenvalue weighted by Crippen LogP contribution is -2.29. The summed E-state index contributed by atoms with van der Waals surface area (Å²) < 4.78 is 5.69. The molecule has 0 radical (unpaired) electrons. The second-order valence-corrected chi connectivity index (χ2v) is 8.50. The number of rotatable bonds is 11. The molecular weight excluding hydrogens is 452 g/mol. The molecule has 0 saturated heterocycles. The van der Waals surface area contributed by atoms with Crippen molar-refractivity contribution in [1.82, 2.24) is 14.9 Å². The van der Waals surface area contributed by atoms with Crippen LogP contribution in [0, 0.1) is 0 Å². The van der Waals surface area contributed by atoms with E-state index in [-0.39, 0.29) is 5.91 Å². The first-order valence-electron chi connectivity index (χ1n) is 11.6. The molecule has 8 heteroatoms. The Morgan fingerprint density at radius 2 is 1.89 bits per heavy atom. The summed E-state index contributed by atoms with van der Waals surface area (Å²) in [5, 5.41) is 7.10. The summed E-state index contributed by atoms with van der Waals surface area (Å²) in [4.78, 5) is 25.7. The van der Waals surface area contributed by atoms with Crippen LogP contribution < -0.4 is 20.3 Å². The van der Waals surface area contributed by atoms with Gasteiger partial charge in [-0.1, -0.05) is 43.5 Å². The third-order valence-electron chi connectivity index (χ3n) is 5.75. The number of likely N-dealkylation sites (N-methyl/N-ethyl adjacent to an activating group) is 2. The van der Waals surface area contributed by atoms with Gasteiger partial charge in [0.1, 0.15) is 5.75 Å². The third kappa shape index (κ3) is 6.09. The van der Waals surface area contributed by atoms with Gasteiger partial charge in [-0.15, -0.1) is 0 Å². The van der Waals surface area contributed by atoms with Crippen LogP contribution >= 0.6 is 0 Å². The maximum absolute atomic E-state index is 12.2. The molecule has 2 aromatic carbocycles. The van der Waals surface area contributed by atoms with Gasteiger partial charge in [-0.3, -0.25) is 4.79 Å². The summed E-state index contributed by atoms with van der Waals surface area (Å²) in [5.74, 6) is 0.696. The predicted molar refractivity (Wildman–Crippen MR) is 150 cm³/mol. The zero-order valence-electron chi connectivity index (χ0n) is 21.6. The highest BCUT2D eigenvalue weighted by molar-refractivity contribution is 6.02. The van der Waals surface area contributed by atoms with Crippen molar-refractivity contribution < 1.29 is 9.53 Å². The fourth-order valence-corrected chi connectivity index (χ4v) is 3.76.